The van der Waals surface area contributed by atoms with Crippen molar-refractivity contribution in [3.05, 3.63) is 35.2 Å². The van der Waals surface area contributed by atoms with Crippen LogP contribution in [0.25, 0.3) is 5.65 Å². The van der Waals surface area contributed by atoms with Crippen LogP contribution in [-0.2, 0) is 0 Å². The lowest BCUT2D eigenvalue weighted by atomic mass is 10.1. The van der Waals surface area contributed by atoms with Gasteiger partial charge in [0.2, 0.25) is 0 Å². The molecule has 0 aliphatic carbocycles. The molecule has 20 heavy (non-hydrogen) atoms. The van der Waals surface area contributed by atoms with Crippen molar-refractivity contribution < 1.29 is 4.79 Å². The van der Waals surface area contributed by atoms with Crippen LogP contribution in [0.3, 0.4) is 0 Å². The van der Waals surface area contributed by atoms with Crippen LogP contribution in [0.15, 0.2) is 24.5 Å². The van der Waals surface area contributed by atoms with Gasteiger partial charge in [0, 0.05) is 18.4 Å². The number of halogens is 1. The third-order valence-corrected chi connectivity index (χ3v) is 3.49. The molecule has 0 bridgehead atoms. The number of nitrogens with zero attached hydrogens (tertiary/aromatic N) is 2. The van der Waals surface area contributed by atoms with Crippen LogP contribution < -0.4 is 5.32 Å². The van der Waals surface area contributed by atoms with Crippen molar-refractivity contribution in [1.29, 1.82) is 0 Å². The Morgan fingerprint density at radius 3 is 2.95 bits per heavy atom. The molecule has 5 heteroatoms. The lowest BCUT2D eigenvalue weighted by molar-refractivity contribution is 0.0933. The third kappa shape index (κ3) is 3.73. The summed E-state index contributed by atoms with van der Waals surface area (Å²) in [4.78, 5) is 16.4. The summed E-state index contributed by atoms with van der Waals surface area (Å²) in [5.74, 6) is -0.131. The third-order valence-electron chi connectivity index (χ3n) is 3.27. The van der Waals surface area contributed by atoms with Crippen molar-refractivity contribution in [3.63, 3.8) is 0 Å². The number of hydrogen-bond donors (Lipinski definition) is 1. The first kappa shape index (κ1) is 14.9. The van der Waals surface area contributed by atoms with Crippen molar-refractivity contribution in [2.24, 2.45) is 0 Å². The van der Waals surface area contributed by atoms with Crippen molar-refractivity contribution in [2.45, 2.75) is 45.6 Å². The zero-order valence-electron chi connectivity index (χ0n) is 11.9. The Labute approximate surface area is 124 Å². The predicted molar refractivity (Wildman–Crippen MR) is 81.3 cm³/mol. The zero-order valence-corrected chi connectivity index (χ0v) is 12.7. The van der Waals surface area contributed by atoms with Gasteiger partial charge >= 0.3 is 0 Å². The van der Waals surface area contributed by atoms with E-state index in [1.165, 1.54) is 12.8 Å². The summed E-state index contributed by atoms with van der Waals surface area (Å²) in [6.45, 7) is 4.20. The van der Waals surface area contributed by atoms with E-state index in [0.29, 0.717) is 10.7 Å². The van der Waals surface area contributed by atoms with Gasteiger partial charge in [-0.2, -0.15) is 0 Å². The Bertz CT molecular complexity index is 594. The van der Waals surface area contributed by atoms with Gasteiger partial charge in [-0.15, -0.1) is 0 Å². The fourth-order valence-corrected chi connectivity index (χ4v) is 2.31. The Kier molecular flexibility index (Phi) is 5.01. The summed E-state index contributed by atoms with van der Waals surface area (Å²) < 4.78 is 1.76. The number of carbonyl (C=O) groups is 1. The number of pyridine rings is 1. The van der Waals surface area contributed by atoms with Gasteiger partial charge in [0.25, 0.3) is 5.91 Å². The van der Waals surface area contributed by atoms with Gasteiger partial charge in [0.1, 0.15) is 11.3 Å². The van der Waals surface area contributed by atoms with Crippen LogP contribution in [0.5, 0.6) is 0 Å². The Balaban J connectivity index is 2.00. The number of nitrogens with one attached hydrogen (secondary N) is 1. The quantitative estimate of drug-likeness (QED) is 0.826. The second-order valence-electron chi connectivity index (χ2n) is 5.11. The first-order valence-corrected chi connectivity index (χ1v) is 7.43. The predicted octanol–water partition coefficient (Wildman–Crippen LogP) is 3.69. The van der Waals surface area contributed by atoms with Gasteiger partial charge < -0.3 is 9.72 Å². The highest BCUT2D eigenvalue weighted by atomic mass is 35.5. The first-order valence-electron chi connectivity index (χ1n) is 7.05. The fourth-order valence-electron chi connectivity index (χ4n) is 2.14. The Morgan fingerprint density at radius 1 is 1.40 bits per heavy atom. The Morgan fingerprint density at radius 2 is 2.20 bits per heavy atom. The number of aromatic nitrogens is 2. The van der Waals surface area contributed by atoms with E-state index >= 15 is 0 Å². The average molecular weight is 294 g/mol. The molecular formula is C15H20ClN3O. The highest BCUT2D eigenvalue weighted by Crippen LogP contribution is 2.12. The van der Waals surface area contributed by atoms with Gasteiger partial charge in [-0.1, -0.05) is 37.8 Å². The molecule has 1 N–H and O–H groups in total. The van der Waals surface area contributed by atoms with E-state index in [-0.39, 0.29) is 11.9 Å². The smallest absolute Gasteiger partial charge is 0.271 e. The van der Waals surface area contributed by atoms with Crippen LogP contribution >= 0.6 is 11.6 Å². The number of fused-ring (bicyclic) bond motifs is 1. The van der Waals surface area contributed by atoms with Gasteiger partial charge in [-0.3, -0.25) is 4.79 Å². The van der Waals surface area contributed by atoms with Crippen LogP contribution in [0.4, 0.5) is 0 Å². The molecule has 1 atom stereocenters. The first-order chi connectivity index (χ1) is 9.60. The molecule has 1 amide bonds. The number of imidazole rings is 1. The number of hydrogen-bond acceptors (Lipinski definition) is 2. The van der Waals surface area contributed by atoms with E-state index in [4.69, 9.17) is 11.6 Å². The van der Waals surface area contributed by atoms with Crippen molar-refractivity contribution in [3.8, 4) is 0 Å². The van der Waals surface area contributed by atoms with E-state index in [0.717, 1.165) is 18.5 Å². The largest absolute Gasteiger partial charge is 0.348 e. The van der Waals surface area contributed by atoms with Crippen molar-refractivity contribution >= 4 is 23.2 Å². The van der Waals surface area contributed by atoms with Gasteiger partial charge in [0.15, 0.2) is 0 Å². The van der Waals surface area contributed by atoms with Gasteiger partial charge in [0.05, 0.1) is 5.02 Å². The summed E-state index contributed by atoms with van der Waals surface area (Å²) in [6.07, 6.45) is 7.97. The van der Waals surface area contributed by atoms with E-state index in [9.17, 15) is 4.79 Å². The Hall–Kier alpha value is -1.55. The molecule has 2 aromatic rings. The average Bonchev–Trinajstić information content (AvgIpc) is 2.82. The maximum absolute atomic E-state index is 12.1. The van der Waals surface area contributed by atoms with Crippen LogP contribution in [0, 0.1) is 0 Å². The van der Waals surface area contributed by atoms with Crippen molar-refractivity contribution in [1.82, 2.24) is 14.7 Å². The van der Waals surface area contributed by atoms with Crippen LogP contribution in [-0.4, -0.2) is 21.3 Å². The molecule has 0 saturated carbocycles. The van der Waals surface area contributed by atoms with E-state index in [2.05, 4.69) is 17.2 Å². The second kappa shape index (κ2) is 6.75. The number of unbranched alkanes of at least 4 members (excludes halogenated alkanes) is 2. The highest BCUT2D eigenvalue weighted by Gasteiger charge is 2.13. The fraction of sp³-hybridized carbons (Fsp3) is 0.467. The molecule has 0 unspecified atom stereocenters. The molecule has 0 fully saturated rings. The summed E-state index contributed by atoms with van der Waals surface area (Å²) >= 11 is 5.91. The normalized spacial score (nSPS) is 12.6. The molecule has 0 aliphatic heterocycles. The van der Waals surface area contributed by atoms with E-state index < -0.39 is 0 Å². The number of carbonyl (C=O) groups excluding carboxylic acids is 1. The number of amides is 1. The number of rotatable bonds is 6. The summed E-state index contributed by atoms with van der Waals surface area (Å²) in [5, 5.41) is 3.60. The minimum absolute atomic E-state index is 0.131. The van der Waals surface area contributed by atoms with E-state index in [1.807, 2.05) is 6.92 Å². The second-order valence-corrected chi connectivity index (χ2v) is 5.55. The highest BCUT2D eigenvalue weighted by molar-refractivity contribution is 6.30. The molecule has 0 radical (unpaired) electrons. The molecule has 2 aromatic heterocycles. The monoisotopic (exact) mass is 293 g/mol. The molecule has 0 saturated heterocycles. The maximum Gasteiger partial charge on any atom is 0.271 e. The molecule has 2 heterocycles. The summed E-state index contributed by atoms with van der Waals surface area (Å²) in [5.41, 5.74) is 1.15. The van der Waals surface area contributed by atoms with E-state index in [1.54, 1.807) is 28.9 Å². The molecule has 0 aromatic carbocycles. The zero-order chi connectivity index (χ0) is 14.5. The minimum Gasteiger partial charge on any atom is -0.348 e. The minimum atomic E-state index is -0.131. The molecule has 108 valence electrons. The van der Waals surface area contributed by atoms with Gasteiger partial charge in [-0.05, 0) is 25.5 Å². The maximum atomic E-state index is 12.1. The lowest BCUT2D eigenvalue weighted by Crippen LogP contribution is -2.32. The topological polar surface area (TPSA) is 46.4 Å². The summed E-state index contributed by atoms with van der Waals surface area (Å²) in [6, 6.07) is 3.73. The lowest BCUT2D eigenvalue weighted by Gasteiger charge is -2.12. The summed E-state index contributed by atoms with van der Waals surface area (Å²) in [7, 11) is 0. The molecule has 0 aliphatic rings. The molecular weight excluding hydrogens is 274 g/mol. The molecule has 2 rings (SSSR count). The van der Waals surface area contributed by atoms with Crippen LogP contribution in [0.2, 0.25) is 5.02 Å². The van der Waals surface area contributed by atoms with Crippen molar-refractivity contribution in [2.75, 3.05) is 0 Å². The molecule has 4 nitrogen and oxygen atoms in total. The van der Waals surface area contributed by atoms with Crippen LogP contribution in [0.1, 0.15) is 50.0 Å². The SMILES string of the molecule is CCCCC[C@H](C)NC(=O)c1cn2cc(Cl)ccc2n1. The standard InChI is InChI=1S/C15H20ClN3O/c1-3-4-5-6-11(2)17-15(20)13-10-19-9-12(16)7-8-14(19)18-13/h7-11H,3-6H2,1-2H3,(H,17,20)/t11-/m0/s1. The molecule has 0 spiro atoms. The van der Waals surface area contributed by atoms with Gasteiger partial charge in [-0.25, -0.2) is 4.98 Å².